The molecule has 2 aliphatic heterocycles. The number of hydrogen-bond donors (Lipinski definition) is 1. The van der Waals surface area contributed by atoms with Crippen molar-refractivity contribution in [2.75, 3.05) is 33.0 Å². The van der Waals surface area contributed by atoms with Crippen LogP contribution in [0, 0.1) is 5.92 Å². The lowest BCUT2D eigenvalue weighted by molar-refractivity contribution is -0.144. The number of nitrogens with zero attached hydrogens (tertiary/aromatic N) is 2. The van der Waals surface area contributed by atoms with Crippen molar-refractivity contribution < 1.29 is 24.2 Å². The predicted octanol–water partition coefficient (Wildman–Crippen LogP) is 5.25. The van der Waals surface area contributed by atoms with E-state index in [9.17, 15) is 14.7 Å². The number of fused-ring (bicyclic) bond motifs is 1. The number of ether oxygens (including phenoxy) is 2. The van der Waals surface area contributed by atoms with E-state index in [0.29, 0.717) is 18.0 Å². The Morgan fingerprint density at radius 3 is 2.22 bits per heavy atom. The zero-order valence-electron chi connectivity index (χ0n) is 22.3. The van der Waals surface area contributed by atoms with Crippen LogP contribution in [0.3, 0.4) is 0 Å². The summed E-state index contributed by atoms with van der Waals surface area (Å²) in [5.74, 6) is -0.431. The molecule has 37 heavy (non-hydrogen) atoms. The number of unbranched alkanes of at least 4 members (excludes halogenated alkanes) is 2. The molecule has 1 saturated heterocycles. The first kappa shape index (κ1) is 27.0. The average Bonchev–Trinajstić information content (AvgIpc) is 3.53. The number of carboxylic acids is 1. The normalized spacial score (nSPS) is 20.8. The molecule has 0 unspecified atom stereocenters. The Morgan fingerprint density at radius 1 is 0.946 bits per heavy atom. The minimum Gasteiger partial charge on any atom is -0.481 e. The smallest absolute Gasteiger partial charge is 0.309 e. The van der Waals surface area contributed by atoms with Crippen molar-refractivity contribution in [3.63, 3.8) is 0 Å². The van der Waals surface area contributed by atoms with Crippen LogP contribution in [0.4, 0.5) is 0 Å². The monoisotopic (exact) mass is 508 g/mol. The SMILES string of the molecule is CCCCN(CCCC)C(=O)CN1C[C@H](c2ccc3c(c2)OCO3)[C@@H](C(=O)O)[C@@H]1c1ccc(CC)cc1. The second kappa shape index (κ2) is 12.5. The molecule has 0 radical (unpaired) electrons. The Balaban J connectivity index is 1.67. The third-order valence-electron chi connectivity index (χ3n) is 7.69. The molecular formula is C30H40N2O5. The molecule has 1 N–H and O–H groups in total. The molecule has 7 heteroatoms. The first-order chi connectivity index (χ1) is 18.0. The van der Waals surface area contributed by atoms with Gasteiger partial charge in [0.15, 0.2) is 11.5 Å². The van der Waals surface area contributed by atoms with Gasteiger partial charge in [0.1, 0.15) is 0 Å². The molecule has 200 valence electrons. The molecule has 2 heterocycles. The lowest BCUT2D eigenvalue weighted by Crippen LogP contribution is -2.42. The standard InChI is InChI=1S/C30H40N2O5/c1-4-7-15-31(16-8-5-2)27(33)19-32-18-24(23-13-14-25-26(17-23)37-20-36-25)28(30(34)35)29(32)22-11-9-21(6-3)10-12-22/h9-14,17,24,28-29H,4-8,15-16,18-20H2,1-3H3,(H,34,35)/t24-,28-,29+/m1/s1. The Bertz CT molecular complexity index is 1060. The van der Waals surface area contributed by atoms with Crippen LogP contribution < -0.4 is 9.47 Å². The van der Waals surface area contributed by atoms with Gasteiger partial charge in [-0.15, -0.1) is 0 Å². The second-order valence-corrected chi connectivity index (χ2v) is 10.1. The number of amides is 1. The Morgan fingerprint density at radius 2 is 1.59 bits per heavy atom. The van der Waals surface area contributed by atoms with Gasteiger partial charge < -0.3 is 19.5 Å². The highest BCUT2D eigenvalue weighted by atomic mass is 16.7. The van der Waals surface area contributed by atoms with E-state index in [1.807, 2.05) is 35.2 Å². The third kappa shape index (κ3) is 6.09. The fraction of sp³-hybridized carbons (Fsp3) is 0.533. The maximum Gasteiger partial charge on any atom is 0.309 e. The summed E-state index contributed by atoms with van der Waals surface area (Å²) in [6, 6.07) is 13.5. The molecule has 0 aliphatic carbocycles. The van der Waals surface area contributed by atoms with Crippen molar-refractivity contribution in [2.45, 2.75) is 64.8 Å². The van der Waals surface area contributed by atoms with Gasteiger partial charge in [-0.05, 0) is 48.1 Å². The molecule has 0 bridgehead atoms. The van der Waals surface area contributed by atoms with Crippen molar-refractivity contribution in [2.24, 2.45) is 5.92 Å². The summed E-state index contributed by atoms with van der Waals surface area (Å²) >= 11 is 0. The molecular weight excluding hydrogens is 468 g/mol. The molecule has 3 atom stereocenters. The predicted molar refractivity (Wildman–Crippen MR) is 143 cm³/mol. The molecule has 2 aromatic rings. The van der Waals surface area contributed by atoms with Crippen LogP contribution in [-0.4, -0.2) is 59.8 Å². The minimum atomic E-state index is -0.851. The van der Waals surface area contributed by atoms with Crippen molar-refractivity contribution in [1.82, 2.24) is 9.80 Å². The lowest BCUT2D eigenvalue weighted by atomic mass is 9.82. The molecule has 7 nitrogen and oxygen atoms in total. The van der Waals surface area contributed by atoms with Crippen molar-refractivity contribution in [3.8, 4) is 11.5 Å². The minimum absolute atomic E-state index is 0.0764. The molecule has 2 aliphatic rings. The summed E-state index contributed by atoms with van der Waals surface area (Å²) < 4.78 is 11.1. The molecule has 1 amide bonds. The van der Waals surface area contributed by atoms with E-state index in [2.05, 4.69) is 37.8 Å². The summed E-state index contributed by atoms with van der Waals surface area (Å²) in [6.07, 6.45) is 4.90. The van der Waals surface area contributed by atoms with E-state index in [-0.39, 0.29) is 25.2 Å². The van der Waals surface area contributed by atoms with Gasteiger partial charge in [0, 0.05) is 31.6 Å². The van der Waals surface area contributed by atoms with E-state index >= 15 is 0 Å². The first-order valence-corrected chi connectivity index (χ1v) is 13.7. The van der Waals surface area contributed by atoms with E-state index < -0.39 is 17.9 Å². The molecule has 0 spiro atoms. The number of hydrogen-bond acceptors (Lipinski definition) is 5. The van der Waals surface area contributed by atoms with Crippen LogP contribution >= 0.6 is 0 Å². The van der Waals surface area contributed by atoms with Gasteiger partial charge in [-0.2, -0.15) is 0 Å². The molecule has 2 aromatic carbocycles. The Hall–Kier alpha value is -3.06. The summed E-state index contributed by atoms with van der Waals surface area (Å²) in [4.78, 5) is 30.4. The van der Waals surface area contributed by atoms with Gasteiger partial charge in [-0.25, -0.2) is 0 Å². The highest BCUT2D eigenvalue weighted by molar-refractivity contribution is 5.79. The summed E-state index contributed by atoms with van der Waals surface area (Å²) in [5, 5.41) is 10.5. The third-order valence-corrected chi connectivity index (χ3v) is 7.69. The average molecular weight is 509 g/mol. The number of carboxylic acid groups (broad SMARTS) is 1. The topological polar surface area (TPSA) is 79.3 Å². The number of aryl methyl sites for hydroxylation is 1. The van der Waals surface area contributed by atoms with Gasteiger partial charge in [-0.1, -0.05) is 63.9 Å². The van der Waals surface area contributed by atoms with Crippen molar-refractivity contribution >= 4 is 11.9 Å². The number of likely N-dealkylation sites (tertiary alicyclic amines) is 1. The number of carbonyl (C=O) groups excluding carboxylic acids is 1. The van der Waals surface area contributed by atoms with Crippen molar-refractivity contribution in [1.29, 1.82) is 0 Å². The molecule has 4 rings (SSSR count). The number of rotatable bonds is 12. The van der Waals surface area contributed by atoms with Crippen LogP contribution in [0.2, 0.25) is 0 Å². The van der Waals surface area contributed by atoms with Gasteiger partial charge in [0.05, 0.1) is 12.5 Å². The maximum absolute atomic E-state index is 13.6. The van der Waals surface area contributed by atoms with Gasteiger partial charge in [0.25, 0.3) is 0 Å². The summed E-state index contributed by atoms with van der Waals surface area (Å²) in [7, 11) is 0. The lowest BCUT2D eigenvalue weighted by Gasteiger charge is -2.30. The molecule has 1 fully saturated rings. The Kier molecular flexibility index (Phi) is 9.09. The summed E-state index contributed by atoms with van der Waals surface area (Å²) in [6.45, 7) is 8.71. The molecule has 0 aromatic heterocycles. The van der Waals surface area contributed by atoms with E-state index in [1.165, 1.54) is 5.56 Å². The maximum atomic E-state index is 13.6. The second-order valence-electron chi connectivity index (χ2n) is 10.1. The highest BCUT2D eigenvalue weighted by Crippen LogP contribution is 2.47. The zero-order chi connectivity index (χ0) is 26.4. The fourth-order valence-electron chi connectivity index (χ4n) is 5.56. The fourth-order valence-corrected chi connectivity index (χ4v) is 5.56. The van der Waals surface area contributed by atoms with Crippen LogP contribution in [0.15, 0.2) is 42.5 Å². The largest absolute Gasteiger partial charge is 0.481 e. The number of benzene rings is 2. The van der Waals surface area contributed by atoms with Crippen LogP contribution in [0.1, 0.15) is 75.1 Å². The number of aliphatic carboxylic acids is 1. The van der Waals surface area contributed by atoms with Gasteiger partial charge in [-0.3, -0.25) is 14.5 Å². The van der Waals surface area contributed by atoms with E-state index in [0.717, 1.165) is 56.3 Å². The van der Waals surface area contributed by atoms with Gasteiger partial charge >= 0.3 is 5.97 Å². The van der Waals surface area contributed by atoms with Crippen LogP contribution in [0.5, 0.6) is 11.5 Å². The van der Waals surface area contributed by atoms with Crippen LogP contribution in [-0.2, 0) is 16.0 Å². The Labute approximate surface area is 220 Å². The quantitative estimate of drug-likeness (QED) is 0.422. The molecule has 0 saturated carbocycles. The van der Waals surface area contributed by atoms with Crippen LogP contribution in [0.25, 0.3) is 0 Å². The summed E-state index contributed by atoms with van der Waals surface area (Å²) in [5.41, 5.74) is 3.04. The first-order valence-electron chi connectivity index (χ1n) is 13.7. The van der Waals surface area contributed by atoms with E-state index in [1.54, 1.807) is 0 Å². The van der Waals surface area contributed by atoms with E-state index in [4.69, 9.17) is 9.47 Å². The van der Waals surface area contributed by atoms with Gasteiger partial charge in [0.2, 0.25) is 12.7 Å². The van der Waals surface area contributed by atoms with Crippen molar-refractivity contribution in [3.05, 3.63) is 59.2 Å². The highest BCUT2D eigenvalue weighted by Gasteiger charge is 2.48. The zero-order valence-corrected chi connectivity index (χ0v) is 22.3. The number of carbonyl (C=O) groups is 2.